The summed E-state index contributed by atoms with van der Waals surface area (Å²) in [5.41, 5.74) is 3.42. The Morgan fingerprint density at radius 2 is 1.53 bits per heavy atom. The summed E-state index contributed by atoms with van der Waals surface area (Å²) in [5.74, 6) is 0.398. The number of rotatable bonds is 2. The van der Waals surface area contributed by atoms with Gasteiger partial charge in [0.05, 0.1) is 0 Å². The van der Waals surface area contributed by atoms with Gasteiger partial charge in [0.15, 0.2) is 0 Å². The van der Waals surface area contributed by atoms with Crippen LogP contribution in [0.3, 0.4) is 0 Å². The molecule has 0 nitrogen and oxygen atoms in total. The second-order valence-corrected chi connectivity index (χ2v) is 3.80. The van der Waals surface area contributed by atoms with Crippen LogP contribution in [0.25, 0.3) is 0 Å². The van der Waals surface area contributed by atoms with E-state index in [-0.39, 0.29) is 0 Å². The average Bonchev–Trinajstić information content (AvgIpc) is 2.29. The van der Waals surface area contributed by atoms with Crippen LogP contribution in [-0.2, 0) is 0 Å². The summed E-state index contributed by atoms with van der Waals surface area (Å²) in [4.78, 5) is 0. The second kappa shape index (κ2) is 4.35. The van der Waals surface area contributed by atoms with Crippen LogP contribution in [0.5, 0.6) is 0 Å². The Kier molecular flexibility index (Phi) is 2.91. The van der Waals surface area contributed by atoms with Crippen LogP contribution in [0.4, 0.5) is 0 Å². The summed E-state index contributed by atoms with van der Waals surface area (Å²) >= 11 is 0. The molecule has 2 rings (SSSR count). The van der Waals surface area contributed by atoms with E-state index >= 15 is 0 Å². The third kappa shape index (κ3) is 2.30. The van der Waals surface area contributed by atoms with Gasteiger partial charge in [0.1, 0.15) is 7.85 Å². The summed E-state index contributed by atoms with van der Waals surface area (Å²) in [6, 6.07) is 18.5. The van der Waals surface area contributed by atoms with Gasteiger partial charge < -0.3 is 0 Å². The summed E-state index contributed by atoms with van der Waals surface area (Å²) in [6.07, 6.45) is 0. The molecule has 0 aliphatic heterocycles. The Hall–Kier alpha value is -1.50. The van der Waals surface area contributed by atoms with E-state index in [2.05, 4.69) is 37.3 Å². The number of benzene rings is 2. The molecule has 2 radical (unpaired) electrons. The fourth-order valence-corrected chi connectivity index (χ4v) is 1.76. The summed E-state index contributed by atoms with van der Waals surface area (Å²) in [5, 5.41) is 0. The molecule has 0 unspecified atom stereocenters. The van der Waals surface area contributed by atoms with E-state index in [4.69, 9.17) is 7.85 Å². The minimum atomic E-state index is 0.398. The van der Waals surface area contributed by atoms with Gasteiger partial charge in [-0.2, -0.15) is 0 Å². The van der Waals surface area contributed by atoms with Crippen LogP contribution in [0.15, 0.2) is 54.6 Å². The molecule has 0 spiro atoms. The third-order valence-corrected chi connectivity index (χ3v) is 2.71. The molecule has 0 amide bonds. The van der Waals surface area contributed by atoms with E-state index < -0.39 is 0 Å². The van der Waals surface area contributed by atoms with E-state index in [1.165, 1.54) is 11.1 Å². The number of hydrogen-bond donors (Lipinski definition) is 0. The zero-order valence-corrected chi connectivity index (χ0v) is 8.85. The Morgan fingerprint density at radius 1 is 0.867 bits per heavy atom. The van der Waals surface area contributed by atoms with Gasteiger partial charge >= 0.3 is 0 Å². The van der Waals surface area contributed by atoms with Gasteiger partial charge in [0.2, 0.25) is 0 Å². The van der Waals surface area contributed by atoms with Crippen molar-refractivity contribution in [1.82, 2.24) is 0 Å². The van der Waals surface area contributed by atoms with Crippen molar-refractivity contribution in [2.45, 2.75) is 12.8 Å². The molecule has 0 heterocycles. The summed E-state index contributed by atoms with van der Waals surface area (Å²) in [7, 11) is 5.77. The van der Waals surface area contributed by atoms with Gasteiger partial charge in [0, 0.05) is 5.92 Å². The quantitative estimate of drug-likeness (QED) is 0.641. The zero-order valence-electron chi connectivity index (χ0n) is 8.85. The Labute approximate surface area is 92.4 Å². The SMILES string of the molecule is [B]c1cccc([C@@H](C)c2ccccc2)c1. The highest BCUT2D eigenvalue weighted by Crippen LogP contribution is 2.22. The van der Waals surface area contributed by atoms with E-state index in [1.54, 1.807) is 0 Å². The van der Waals surface area contributed by atoms with Crippen molar-refractivity contribution in [2.24, 2.45) is 0 Å². The molecule has 15 heavy (non-hydrogen) atoms. The topological polar surface area (TPSA) is 0 Å². The van der Waals surface area contributed by atoms with Crippen molar-refractivity contribution in [3.8, 4) is 0 Å². The van der Waals surface area contributed by atoms with Gasteiger partial charge in [-0.1, -0.05) is 67.0 Å². The van der Waals surface area contributed by atoms with Gasteiger partial charge in [-0.25, -0.2) is 0 Å². The summed E-state index contributed by atoms with van der Waals surface area (Å²) < 4.78 is 0. The maximum Gasteiger partial charge on any atom is 0.113 e. The molecular weight excluding hydrogens is 179 g/mol. The van der Waals surface area contributed by atoms with Crippen LogP contribution in [0, 0.1) is 0 Å². The number of hydrogen-bond acceptors (Lipinski definition) is 0. The van der Waals surface area contributed by atoms with Crippen molar-refractivity contribution in [3.63, 3.8) is 0 Å². The van der Waals surface area contributed by atoms with Crippen LogP contribution < -0.4 is 5.46 Å². The van der Waals surface area contributed by atoms with Crippen LogP contribution >= 0.6 is 0 Å². The molecule has 0 saturated carbocycles. The summed E-state index contributed by atoms with van der Waals surface area (Å²) in [6.45, 7) is 2.20. The lowest BCUT2D eigenvalue weighted by molar-refractivity contribution is 0.924. The molecule has 0 fully saturated rings. The predicted molar refractivity (Wildman–Crippen MR) is 65.8 cm³/mol. The van der Waals surface area contributed by atoms with Crippen molar-refractivity contribution >= 4 is 13.3 Å². The first-order chi connectivity index (χ1) is 7.27. The Bertz CT molecular complexity index is 434. The lowest BCUT2D eigenvalue weighted by atomic mass is 9.88. The standard InChI is InChI=1S/C14H13B/c1-11(12-6-3-2-4-7-12)13-8-5-9-14(15)10-13/h2-11H,1H3/t11-/m0/s1. The maximum atomic E-state index is 5.77. The van der Waals surface area contributed by atoms with Crippen LogP contribution in [0.2, 0.25) is 0 Å². The Balaban J connectivity index is 2.32. The zero-order chi connectivity index (χ0) is 10.7. The van der Waals surface area contributed by atoms with Crippen LogP contribution in [0.1, 0.15) is 24.0 Å². The van der Waals surface area contributed by atoms with Crippen LogP contribution in [-0.4, -0.2) is 7.85 Å². The molecule has 2 aromatic rings. The van der Waals surface area contributed by atoms with Gasteiger partial charge in [0.25, 0.3) is 0 Å². The lowest BCUT2D eigenvalue weighted by Gasteiger charge is -2.12. The minimum Gasteiger partial charge on any atom is -0.0964 e. The first-order valence-corrected chi connectivity index (χ1v) is 5.18. The molecular formula is C14H13B. The largest absolute Gasteiger partial charge is 0.113 e. The molecule has 1 heteroatoms. The molecule has 1 atom stereocenters. The average molecular weight is 192 g/mol. The molecule has 0 bridgehead atoms. The smallest absolute Gasteiger partial charge is 0.0964 e. The third-order valence-electron chi connectivity index (χ3n) is 2.71. The fourth-order valence-electron chi connectivity index (χ4n) is 1.76. The van der Waals surface area contributed by atoms with Crippen molar-refractivity contribution in [2.75, 3.05) is 0 Å². The fraction of sp³-hybridized carbons (Fsp3) is 0.143. The first kappa shape index (κ1) is 10.0. The van der Waals surface area contributed by atoms with Gasteiger partial charge in [-0.3, -0.25) is 0 Å². The molecule has 2 aromatic carbocycles. The lowest BCUT2D eigenvalue weighted by Crippen LogP contribution is -2.05. The van der Waals surface area contributed by atoms with Crippen molar-refractivity contribution in [1.29, 1.82) is 0 Å². The van der Waals surface area contributed by atoms with Gasteiger partial charge in [-0.15, -0.1) is 0 Å². The highest BCUT2D eigenvalue weighted by Gasteiger charge is 2.06. The van der Waals surface area contributed by atoms with Crippen molar-refractivity contribution in [3.05, 3.63) is 65.7 Å². The molecule has 0 N–H and O–H groups in total. The van der Waals surface area contributed by atoms with E-state index in [9.17, 15) is 0 Å². The van der Waals surface area contributed by atoms with E-state index in [0.717, 1.165) is 5.46 Å². The monoisotopic (exact) mass is 192 g/mol. The molecule has 0 aromatic heterocycles. The highest BCUT2D eigenvalue weighted by atomic mass is 14.1. The normalized spacial score (nSPS) is 12.3. The molecule has 0 aliphatic rings. The van der Waals surface area contributed by atoms with Crippen molar-refractivity contribution < 1.29 is 0 Å². The van der Waals surface area contributed by atoms with E-state index in [0.29, 0.717) is 5.92 Å². The van der Waals surface area contributed by atoms with E-state index in [1.807, 2.05) is 24.3 Å². The van der Waals surface area contributed by atoms with Gasteiger partial charge in [-0.05, 0) is 11.1 Å². The molecule has 0 aliphatic carbocycles. The highest BCUT2D eigenvalue weighted by molar-refractivity contribution is 6.32. The minimum absolute atomic E-state index is 0.398. The Morgan fingerprint density at radius 3 is 2.20 bits per heavy atom. The maximum absolute atomic E-state index is 5.77. The molecule has 0 saturated heterocycles. The molecule has 72 valence electrons. The predicted octanol–water partition coefficient (Wildman–Crippen LogP) is 2.63. The second-order valence-electron chi connectivity index (χ2n) is 3.80. The first-order valence-electron chi connectivity index (χ1n) is 5.18.